The SMILES string of the molecule is CCCCCc1cc(C(=O)OC)[c]cc1I. The highest BCUT2D eigenvalue weighted by atomic mass is 127. The van der Waals surface area contributed by atoms with E-state index in [1.807, 2.05) is 12.1 Å². The van der Waals surface area contributed by atoms with E-state index in [4.69, 9.17) is 0 Å². The van der Waals surface area contributed by atoms with Gasteiger partial charge in [0, 0.05) is 3.57 Å². The summed E-state index contributed by atoms with van der Waals surface area (Å²) < 4.78 is 5.85. The molecule has 3 heteroatoms. The smallest absolute Gasteiger partial charge is 0.338 e. The van der Waals surface area contributed by atoms with Crippen LogP contribution in [0.3, 0.4) is 0 Å². The lowest BCUT2D eigenvalue weighted by Crippen LogP contribution is -2.03. The molecule has 87 valence electrons. The van der Waals surface area contributed by atoms with Crippen LogP contribution in [0.5, 0.6) is 0 Å². The van der Waals surface area contributed by atoms with Crippen LogP contribution >= 0.6 is 22.6 Å². The van der Waals surface area contributed by atoms with Crippen LogP contribution in [0.4, 0.5) is 0 Å². The van der Waals surface area contributed by atoms with Crippen LogP contribution in [-0.4, -0.2) is 13.1 Å². The Kier molecular flexibility index (Phi) is 5.80. The van der Waals surface area contributed by atoms with Gasteiger partial charge in [0.2, 0.25) is 0 Å². The Morgan fingerprint density at radius 2 is 2.25 bits per heavy atom. The number of hydrogen-bond donors (Lipinski definition) is 0. The van der Waals surface area contributed by atoms with Crippen molar-refractivity contribution >= 4 is 28.6 Å². The molecule has 0 heterocycles. The first-order chi connectivity index (χ1) is 7.69. The van der Waals surface area contributed by atoms with Crippen molar-refractivity contribution in [3.8, 4) is 0 Å². The average molecular weight is 331 g/mol. The molecule has 1 aromatic rings. The van der Waals surface area contributed by atoms with Crippen molar-refractivity contribution < 1.29 is 9.53 Å². The topological polar surface area (TPSA) is 26.3 Å². The summed E-state index contributed by atoms with van der Waals surface area (Å²) in [5.74, 6) is -0.312. The molecule has 0 aliphatic heterocycles. The molecule has 1 radical (unpaired) electrons. The normalized spacial score (nSPS) is 10.2. The zero-order valence-corrected chi connectivity index (χ0v) is 11.8. The average Bonchev–Trinajstić information content (AvgIpc) is 2.31. The maximum absolute atomic E-state index is 11.4. The first-order valence-electron chi connectivity index (χ1n) is 5.47. The van der Waals surface area contributed by atoms with Gasteiger partial charge in [0.05, 0.1) is 12.7 Å². The van der Waals surface area contributed by atoms with E-state index in [1.165, 1.54) is 29.1 Å². The summed E-state index contributed by atoms with van der Waals surface area (Å²) in [7, 11) is 1.39. The van der Waals surface area contributed by atoms with Crippen LogP contribution in [0.1, 0.15) is 42.1 Å². The van der Waals surface area contributed by atoms with E-state index in [1.54, 1.807) is 0 Å². The standard InChI is InChI=1S/C13H16IO2/c1-3-4-5-6-10-9-11(13(15)16-2)7-8-12(10)14/h8-9H,3-6H2,1-2H3. The van der Waals surface area contributed by atoms with E-state index in [0.717, 1.165) is 12.8 Å². The molecule has 0 aliphatic rings. The largest absolute Gasteiger partial charge is 0.465 e. The lowest BCUT2D eigenvalue weighted by Gasteiger charge is -2.06. The molecule has 0 bridgehead atoms. The van der Waals surface area contributed by atoms with Crippen LogP contribution < -0.4 is 0 Å². The Labute approximate surface area is 111 Å². The number of unbranched alkanes of at least 4 members (excludes halogenated alkanes) is 2. The van der Waals surface area contributed by atoms with Gasteiger partial charge in [0.25, 0.3) is 0 Å². The Bertz CT molecular complexity index is 361. The Balaban J connectivity index is 2.78. The number of carbonyl (C=O) groups excluding carboxylic acids is 1. The minimum Gasteiger partial charge on any atom is -0.465 e. The quantitative estimate of drug-likeness (QED) is 0.468. The Morgan fingerprint density at radius 3 is 2.88 bits per heavy atom. The van der Waals surface area contributed by atoms with Gasteiger partial charge in [-0.05, 0) is 59.2 Å². The number of rotatable bonds is 5. The predicted molar refractivity (Wildman–Crippen MR) is 72.6 cm³/mol. The van der Waals surface area contributed by atoms with Crippen molar-refractivity contribution in [3.05, 3.63) is 32.9 Å². The minimum atomic E-state index is -0.312. The van der Waals surface area contributed by atoms with Gasteiger partial charge in [-0.15, -0.1) is 0 Å². The molecule has 0 saturated carbocycles. The zero-order chi connectivity index (χ0) is 12.0. The Morgan fingerprint density at radius 1 is 1.50 bits per heavy atom. The summed E-state index contributed by atoms with van der Waals surface area (Å²) in [6.45, 7) is 2.18. The molecule has 0 amide bonds. The maximum Gasteiger partial charge on any atom is 0.338 e. The number of ether oxygens (including phenoxy) is 1. The molecule has 1 rings (SSSR count). The van der Waals surface area contributed by atoms with E-state index in [9.17, 15) is 4.79 Å². The molecule has 0 saturated heterocycles. The van der Waals surface area contributed by atoms with Crippen molar-refractivity contribution in [1.29, 1.82) is 0 Å². The van der Waals surface area contributed by atoms with Crippen LogP contribution in [-0.2, 0) is 11.2 Å². The second kappa shape index (κ2) is 6.89. The van der Waals surface area contributed by atoms with Crippen molar-refractivity contribution in [2.45, 2.75) is 32.6 Å². The second-order valence-electron chi connectivity index (χ2n) is 3.67. The summed E-state index contributed by atoms with van der Waals surface area (Å²) in [6.07, 6.45) is 4.61. The molecule has 0 aliphatic carbocycles. The molecule has 16 heavy (non-hydrogen) atoms. The van der Waals surface area contributed by atoms with Gasteiger partial charge in [-0.3, -0.25) is 0 Å². The van der Waals surface area contributed by atoms with Crippen molar-refractivity contribution in [2.75, 3.05) is 7.11 Å². The second-order valence-corrected chi connectivity index (χ2v) is 4.83. The van der Waals surface area contributed by atoms with E-state index in [2.05, 4.69) is 40.3 Å². The number of hydrogen-bond acceptors (Lipinski definition) is 2. The molecule has 1 aromatic carbocycles. The summed E-state index contributed by atoms with van der Waals surface area (Å²) in [5.41, 5.74) is 1.74. The van der Waals surface area contributed by atoms with Gasteiger partial charge in [-0.1, -0.05) is 19.8 Å². The summed E-state index contributed by atoms with van der Waals surface area (Å²) in [5, 5.41) is 0. The molecule has 0 fully saturated rings. The summed E-state index contributed by atoms with van der Waals surface area (Å²) in [4.78, 5) is 11.4. The van der Waals surface area contributed by atoms with Gasteiger partial charge >= 0.3 is 5.97 Å². The summed E-state index contributed by atoms with van der Waals surface area (Å²) in [6, 6.07) is 6.68. The highest BCUT2D eigenvalue weighted by Gasteiger charge is 2.08. The maximum atomic E-state index is 11.4. The lowest BCUT2D eigenvalue weighted by molar-refractivity contribution is 0.0600. The van der Waals surface area contributed by atoms with E-state index >= 15 is 0 Å². The number of esters is 1. The van der Waals surface area contributed by atoms with E-state index in [-0.39, 0.29) is 5.97 Å². The van der Waals surface area contributed by atoms with E-state index < -0.39 is 0 Å². The van der Waals surface area contributed by atoms with Gasteiger partial charge in [-0.25, -0.2) is 4.79 Å². The molecule has 0 unspecified atom stereocenters. The fourth-order valence-electron chi connectivity index (χ4n) is 1.50. The van der Waals surface area contributed by atoms with Gasteiger partial charge in [-0.2, -0.15) is 0 Å². The first-order valence-corrected chi connectivity index (χ1v) is 6.55. The number of carbonyl (C=O) groups is 1. The van der Waals surface area contributed by atoms with Crippen molar-refractivity contribution in [1.82, 2.24) is 0 Å². The fraction of sp³-hybridized carbons (Fsp3) is 0.462. The highest BCUT2D eigenvalue weighted by molar-refractivity contribution is 14.1. The van der Waals surface area contributed by atoms with Crippen molar-refractivity contribution in [2.24, 2.45) is 0 Å². The molecule has 2 nitrogen and oxygen atoms in total. The van der Waals surface area contributed by atoms with Crippen LogP contribution in [0.2, 0.25) is 0 Å². The molecular formula is C13H16IO2. The predicted octanol–water partition coefficient (Wildman–Crippen LogP) is 3.61. The Hall–Kier alpha value is -0.580. The first kappa shape index (κ1) is 13.5. The fourth-order valence-corrected chi connectivity index (χ4v) is 2.08. The van der Waals surface area contributed by atoms with Crippen LogP contribution in [0.15, 0.2) is 12.1 Å². The third kappa shape index (κ3) is 3.77. The minimum absolute atomic E-state index is 0.312. The third-order valence-corrected chi connectivity index (χ3v) is 3.44. The molecule has 0 aromatic heterocycles. The molecule has 0 atom stereocenters. The van der Waals surface area contributed by atoms with Crippen LogP contribution in [0.25, 0.3) is 0 Å². The van der Waals surface area contributed by atoms with Gasteiger partial charge < -0.3 is 4.74 Å². The van der Waals surface area contributed by atoms with Crippen molar-refractivity contribution in [3.63, 3.8) is 0 Å². The molecular weight excluding hydrogens is 315 g/mol. The number of methoxy groups -OCH3 is 1. The lowest BCUT2D eigenvalue weighted by atomic mass is 10.0. The number of halogens is 1. The third-order valence-electron chi connectivity index (χ3n) is 2.43. The van der Waals surface area contributed by atoms with E-state index in [0.29, 0.717) is 5.56 Å². The molecule has 0 N–H and O–H groups in total. The van der Waals surface area contributed by atoms with Crippen LogP contribution in [0, 0.1) is 9.64 Å². The van der Waals surface area contributed by atoms with Gasteiger partial charge in [0.1, 0.15) is 0 Å². The molecule has 0 spiro atoms. The van der Waals surface area contributed by atoms with Gasteiger partial charge in [0.15, 0.2) is 0 Å². The summed E-state index contributed by atoms with van der Waals surface area (Å²) >= 11 is 2.28. The number of benzene rings is 1. The number of aryl methyl sites for hydroxylation is 1. The monoisotopic (exact) mass is 331 g/mol. The zero-order valence-electron chi connectivity index (χ0n) is 9.68. The highest BCUT2D eigenvalue weighted by Crippen LogP contribution is 2.17.